The third-order valence-corrected chi connectivity index (χ3v) is 10.2. The van der Waals surface area contributed by atoms with Crippen molar-refractivity contribution in [3.05, 3.63) is 167 Å². The first kappa shape index (κ1) is 35.2. The minimum absolute atomic E-state index is 0.0870. The fourth-order valence-electron chi connectivity index (χ4n) is 7.38. The molecule has 0 radical (unpaired) electrons. The Morgan fingerprint density at radius 1 is 0.691 bits per heavy atom. The second-order valence-electron chi connectivity index (χ2n) is 13.9. The summed E-state index contributed by atoms with van der Waals surface area (Å²) in [5.41, 5.74) is 12.1. The van der Waals surface area contributed by atoms with Gasteiger partial charge in [-0.15, -0.1) is 0 Å². The van der Waals surface area contributed by atoms with E-state index >= 15 is 0 Å². The van der Waals surface area contributed by atoms with Gasteiger partial charge in [0.1, 0.15) is 18.3 Å². The van der Waals surface area contributed by atoms with Gasteiger partial charge in [0.15, 0.2) is 0 Å². The maximum atomic E-state index is 13.4. The smallest absolute Gasteiger partial charge is 0.339 e. The van der Waals surface area contributed by atoms with Crippen molar-refractivity contribution in [1.29, 1.82) is 0 Å². The molecule has 0 saturated heterocycles. The molecule has 0 amide bonds. The van der Waals surface area contributed by atoms with E-state index in [1.165, 1.54) is 0 Å². The van der Waals surface area contributed by atoms with Crippen molar-refractivity contribution in [3.8, 4) is 33.6 Å². The number of nitrogens with zero attached hydrogens (tertiary/aromatic N) is 4. The van der Waals surface area contributed by atoms with Crippen LogP contribution in [0.5, 0.6) is 0 Å². The monoisotopic (exact) mass is 724 g/mol. The van der Waals surface area contributed by atoms with Gasteiger partial charge in [-0.25, -0.2) is 19.6 Å². The zero-order chi connectivity index (χ0) is 38.1. The first-order chi connectivity index (χ1) is 26.8. The van der Waals surface area contributed by atoms with Crippen molar-refractivity contribution in [2.45, 2.75) is 39.8 Å². The Morgan fingerprint density at radius 2 is 1.31 bits per heavy atom. The molecule has 2 aromatic heterocycles. The summed E-state index contributed by atoms with van der Waals surface area (Å²) in [6, 6.07) is 42.7. The molecule has 6 aromatic carbocycles. The number of rotatable bonds is 11. The lowest BCUT2D eigenvalue weighted by atomic mass is 9.98. The molecular formula is C47H40N4O4. The van der Waals surface area contributed by atoms with Crippen molar-refractivity contribution in [3.63, 3.8) is 0 Å². The summed E-state index contributed by atoms with van der Waals surface area (Å²) in [4.78, 5) is 35.2. The van der Waals surface area contributed by atoms with Crippen LogP contribution in [0.2, 0.25) is 0 Å². The molecule has 8 nitrogen and oxygen atoms in total. The minimum atomic E-state index is -0.977. The van der Waals surface area contributed by atoms with Gasteiger partial charge in [0, 0.05) is 25.6 Å². The number of hydrogen-bond acceptors (Lipinski definition) is 5. The Morgan fingerprint density at radius 3 is 1.98 bits per heavy atom. The van der Waals surface area contributed by atoms with Crippen LogP contribution < -0.4 is 0 Å². The van der Waals surface area contributed by atoms with Crippen molar-refractivity contribution in [2.24, 2.45) is 7.05 Å². The number of aromatic carboxylic acids is 1. The number of fused-ring (bicyclic) bond motifs is 2. The van der Waals surface area contributed by atoms with Gasteiger partial charge in [0.05, 0.1) is 33.2 Å². The molecular weight excluding hydrogens is 685 g/mol. The van der Waals surface area contributed by atoms with E-state index in [1.54, 1.807) is 24.3 Å². The second-order valence-corrected chi connectivity index (χ2v) is 13.9. The van der Waals surface area contributed by atoms with E-state index < -0.39 is 11.9 Å². The van der Waals surface area contributed by atoms with Crippen LogP contribution in [0, 0.1) is 6.92 Å². The van der Waals surface area contributed by atoms with Gasteiger partial charge < -0.3 is 19.0 Å². The molecule has 0 aliphatic heterocycles. The molecule has 2 heterocycles. The van der Waals surface area contributed by atoms with Crippen LogP contribution in [0.3, 0.4) is 0 Å². The lowest BCUT2D eigenvalue weighted by molar-refractivity contribution is 0.0473. The minimum Gasteiger partial charge on any atom is -0.478 e. The lowest BCUT2D eigenvalue weighted by Gasteiger charge is -2.13. The van der Waals surface area contributed by atoms with Gasteiger partial charge in [-0.1, -0.05) is 104 Å². The third-order valence-electron chi connectivity index (χ3n) is 10.2. The number of benzene rings is 6. The molecule has 55 heavy (non-hydrogen) atoms. The summed E-state index contributed by atoms with van der Waals surface area (Å²) < 4.78 is 10.3. The summed E-state index contributed by atoms with van der Waals surface area (Å²) in [5, 5.41) is 9.58. The van der Waals surface area contributed by atoms with Gasteiger partial charge in [-0.2, -0.15) is 0 Å². The predicted octanol–water partition coefficient (Wildman–Crippen LogP) is 10.3. The largest absolute Gasteiger partial charge is 0.478 e. The Kier molecular flexibility index (Phi) is 9.55. The highest BCUT2D eigenvalue weighted by molar-refractivity contribution is 5.98. The van der Waals surface area contributed by atoms with Crippen molar-refractivity contribution >= 4 is 34.0 Å². The van der Waals surface area contributed by atoms with Gasteiger partial charge in [0.25, 0.3) is 0 Å². The molecule has 8 aromatic rings. The highest BCUT2D eigenvalue weighted by atomic mass is 16.5. The molecule has 0 spiro atoms. The predicted molar refractivity (Wildman–Crippen MR) is 217 cm³/mol. The highest BCUT2D eigenvalue weighted by Gasteiger charge is 2.19. The molecule has 0 bridgehead atoms. The van der Waals surface area contributed by atoms with Crippen LogP contribution in [0.4, 0.5) is 0 Å². The molecule has 0 unspecified atom stereocenters. The standard InChI is InChI=1S/C47H40N4O4/c1-4-11-43-49-44-30(2)26-35(45-48-40-16-9-10-17-41(40)50(45)3)27-42(44)51(43)28-31-18-22-34(23-19-31)37-13-6-8-15-39(37)47(54)55-29-32-20-24-33(25-21-32)36-12-5-7-14-38(36)46(52)53/h5-10,12-27H,4,11,28-29H2,1-3H3,(H,52,53). The van der Waals surface area contributed by atoms with Crippen molar-refractivity contribution in [1.82, 2.24) is 19.1 Å². The number of para-hydroxylation sites is 2. The summed E-state index contributed by atoms with van der Waals surface area (Å²) >= 11 is 0. The SMILES string of the molecule is CCCc1nc2c(C)cc(-c3nc4ccccc4n3C)cc2n1Cc1ccc(-c2ccccc2C(=O)OCc2ccc(-c3ccccc3C(=O)O)cc2)cc1. The Bertz CT molecular complexity index is 2710. The van der Waals surface area contributed by atoms with E-state index in [4.69, 9.17) is 14.7 Å². The molecule has 0 atom stereocenters. The van der Waals surface area contributed by atoms with E-state index in [2.05, 4.69) is 72.5 Å². The van der Waals surface area contributed by atoms with Crippen LogP contribution in [-0.4, -0.2) is 36.1 Å². The Balaban J connectivity index is 1.02. The van der Waals surface area contributed by atoms with Crippen molar-refractivity contribution in [2.75, 3.05) is 0 Å². The number of hydrogen-bond donors (Lipinski definition) is 1. The summed E-state index contributed by atoms with van der Waals surface area (Å²) in [6.45, 7) is 5.04. The number of carbonyl (C=O) groups excluding carboxylic acids is 1. The zero-order valence-electron chi connectivity index (χ0n) is 31.0. The van der Waals surface area contributed by atoms with E-state index in [0.717, 1.165) is 85.5 Å². The number of imidazole rings is 2. The maximum Gasteiger partial charge on any atom is 0.339 e. The first-order valence-corrected chi connectivity index (χ1v) is 18.5. The Hall–Kier alpha value is -6.80. The maximum absolute atomic E-state index is 13.4. The quantitative estimate of drug-likeness (QED) is 0.133. The Labute approximate surface area is 319 Å². The second kappa shape index (κ2) is 14.9. The number of carboxylic acid groups (broad SMARTS) is 1. The van der Waals surface area contributed by atoms with Gasteiger partial charge in [-0.05, 0) is 88.7 Å². The zero-order valence-corrected chi connectivity index (χ0v) is 31.0. The van der Waals surface area contributed by atoms with Crippen LogP contribution in [0.15, 0.2) is 133 Å². The lowest BCUT2D eigenvalue weighted by Crippen LogP contribution is -2.07. The fraction of sp³-hybridized carbons (Fsp3) is 0.149. The van der Waals surface area contributed by atoms with Crippen LogP contribution in [0.1, 0.15) is 56.6 Å². The van der Waals surface area contributed by atoms with E-state index in [0.29, 0.717) is 17.7 Å². The molecule has 0 fully saturated rings. The molecule has 272 valence electrons. The van der Waals surface area contributed by atoms with Crippen LogP contribution >= 0.6 is 0 Å². The first-order valence-electron chi connectivity index (χ1n) is 18.5. The van der Waals surface area contributed by atoms with Crippen molar-refractivity contribution < 1.29 is 19.4 Å². The molecule has 8 rings (SSSR count). The van der Waals surface area contributed by atoms with E-state index in [-0.39, 0.29) is 12.2 Å². The van der Waals surface area contributed by atoms with Gasteiger partial charge >= 0.3 is 11.9 Å². The number of esters is 1. The topological polar surface area (TPSA) is 99.2 Å². The normalized spacial score (nSPS) is 11.3. The van der Waals surface area contributed by atoms with Crippen LogP contribution in [0.25, 0.3) is 55.7 Å². The summed E-state index contributed by atoms with van der Waals surface area (Å²) in [6.07, 6.45) is 1.85. The van der Waals surface area contributed by atoms with Gasteiger partial charge in [0.2, 0.25) is 0 Å². The number of carbonyl (C=O) groups is 2. The molecule has 8 heteroatoms. The molecule has 1 N–H and O–H groups in total. The summed E-state index contributed by atoms with van der Waals surface area (Å²) in [7, 11) is 2.06. The highest BCUT2D eigenvalue weighted by Crippen LogP contribution is 2.32. The van der Waals surface area contributed by atoms with Crippen LogP contribution in [-0.2, 0) is 31.4 Å². The average Bonchev–Trinajstić information content (AvgIpc) is 3.74. The molecule has 0 saturated carbocycles. The fourth-order valence-corrected chi connectivity index (χ4v) is 7.38. The number of aromatic nitrogens is 4. The third kappa shape index (κ3) is 6.90. The van der Waals surface area contributed by atoms with Gasteiger partial charge in [-0.3, -0.25) is 0 Å². The number of aryl methyl sites for hydroxylation is 3. The van der Waals surface area contributed by atoms with E-state index in [1.807, 2.05) is 66.7 Å². The van der Waals surface area contributed by atoms with E-state index in [9.17, 15) is 14.7 Å². The number of carboxylic acids is 1. The molecule has 0 aliphatic carbocycles. The molecule has 0 aliphatic rings. The summed E-state index contributed by atoms with van der Waals surface area (Å²) in [5.74, 6) is 0.588. The number of ether oxygens (including phenoxy) is 1. The average molecular weight is 725 g/mol.